The summed E-state index contributed by atoms with van der Waals surface area (Å²) in [6, 6.07) is 8.03. The lowest BCUT2D eigenvalue weighted by Crippen LogP contribution is -2.11. The van der Waals surface area contributed by atoms with Crippen LogP contribution in [0.15, 0.2) is 24.4 Å². The van der Waals surface area contributed by atoms with Crippen molar-refractivity contribution in [2.75, 3.05) is 0 Å². The zero-order valence-corrected chi connectivity index (χ0v) is 11.4. The number of rotatable bonds is 1. The van der Waals surface area contributed by atoms with Crippen LogP contribution in [-0.2, 0) is 11.2 Å². The maximum atomic E-state index is 10.5. The van der Waals surface area contributed by atoms with E-state index in [9.17, 15) is 4.79 Å². The number of hydrogen-bond acceptors (Lipinski definition) is 2. The molecule has 1 rings (SSSR count). The largest absolute Gasteiger partial charge is 0.285 e. The Morgan fingerprint density at radius 3 is 2.33 bits per heavy atom. The van der Waals surface area contributed by atoms with E-state index in [1.165, 1.54) is 6.92 Å². The number of nitrogens with one attached hydrogen (secondary N) is 1. The summed E-state index contributed by atoms with van der Waals surface area (Å²) in [5.74, 6) is 22.9. The molecule has 3 heteroatoms. The Morgan fingerprint density at radius 2 is 1.71 bits per heavy atom. The van der Waals surface area contributed by atoms with Crippen molar-refractivity contribution in [3.8, 4) is 59.3 Å². The second kappa shape index (κ2) is 10.4. The number of aromatic nitrogens is 1. The van der Waals surface area contributed by atoms with E-state index in [4.69, 9.17) is 0 Å². The molecule has 0 fully saturated rings. The average molecular weight is 270 g/mol. The second-order valence-corrected chi connectivity index (χ2v) is 3.48. The number of pyridine rings is 1. The normalized spacial score (nSPS) is 6.71. The molecular formula is C18H10N2O. The molecule has 1 amide bonds. The Kier molecular flexibility index (Phi) is 7.63. The van der Waals surface area contributed by atoms with Crippen LogP contribution in [0.5, 0.6) is 0 Å². The highest BCUT2D eigenvalue weighted by Gasteiger charge is 1.85. The number of amides is 1. The number of nitrogens with zero attached hydrogens (tertiary/aromatic N) is 1. The molecule has 1 aromatic heterocycles. The molecule has 0 saturated heterocycles. The summed E-state index contributed by atoms with van der Waals surface area (Å²) in [5, 5.41) is 2.28. The summed E-state index contributed by atoms with van der Waals surface area (Å²) in [4.78, 5) is 14.6. The molecule has 0 unspecified atom stereocenters. The van der Waals surface area contributed by atoms with Gasteiger partial charge in [-0.25, -0.2) is 0 Å². The molecule has 1 N–H and O–H groups in total. The highest BCUT2D eigenvalue weighted by molar-refractivity contribution is 5.74. The fourth-order valence-corrected chi connectivity index (χ4v) is 1.02. The molecule has 1 aromatic rings. The monoisotopic (exact) mass is 270 g/mol. The SMILES string of the molecule is CC(=O)NC#CC#CC#CC#CC#CCc1ccccn1. The van der Waals surface area contributed by atoms with Gasteiger partial charge in [-0.05, 0) is 35.8 Å². The lowest BCUT2D eigenvalue weighted by molar-refractivity contribution is -0.117. The van der Waals surface area contributed by atoms with Crippen molar-refractivity contribution in [3.63, 3.8) is 0 Å². The molecule has 0 aliphatic rings. The number of carbonyl (C=O) groups is 1. The molecule has 0 spiro atoms. The van der Waals surface area contributed by atoms with Crippen molar-refractivity contribution >= 4 is 5.91 Å². The second-order valence-electron chi connectivity index (χ2n) is 3.48. The first-order chi connectivity index (χ1) is 10.3. The zero-order valence-electron chi connectivity index (χ0n) is 11.4. The van der Waals surface area contributed by atoms with Crippen LogP contribution in [0.4, 0.5) is 0 Å². The van der Waals surface area contributed by atoms with Crippen LogP contribution in [0.1, 0.15) is 12.6 Å². The fourth-order valence-electron chi connectivity index (χ4n) is 1.02. The molecule has 21 heavy (non-hydrogen) atoms. The van der Waals surface area contributed by atoms with Crippen LogP contribution in [0.2, 0.25) is 0 Å². The molecule has 3 nitrogen and oxygen atoms in total. The van der Waals surface area contributed by atoms with Gasteiger partial charge in [0, 0.05) is 42.8 Å². The van der Waals surface area contributed by atoms with E-state index in [1.54, 1.807) is 6.20 Å². The smallest absolute Gasteiger partial charge is 0.228 e. The molecule has 0 saturated carbocycles. The summed E-state index contributed by atoms with van der Waals surface area (Å²) in [6.45, 7) is 1.37. The van der Waals surface area contributed by atoms with Crippen molar-refractivity contribution in [1.82, 2.24) is 10.3 Å². The predicted octanol–water partition coefficient (Wildman–Crippen LogP) is 0.735. The van der Waals surface area contributed by atoms with Crippen molar-refractivity contribution < 1.29 is 4.79 Å². The Hall–Kier alpha value is -3.58. The lowest BCUT2D eigenvalue weighted by atomic mass is 10.3. The van der Waals surface area contributed by atoms with Crippen molar-refractivity contribution in [3.05, 3.63) is 30.1 Å². The van der Waals surface area contributed by atoms with E-state index in [2.05, 4.69) is 69.6 Å². The Labute approximate surface area is 124 Å². The highest BCUT2D eigenvalue weighted by atomic mass is 16.1. The molecule has 0 aliphatic carbocycles. The van der Waals surface area contributed by atoms with Crippen molar-refractivity contribution in [2.24, 2.45) is 0 Å². The summed E-state index contributed by atoms with van der Waals surface area (Å²) >= 11 is 0. The molecule has 0 aromatic carbocycles. The van der Waals surface area contributed by atoms with Gasteiger partial charge in [0.2, 0.25) is 5.91 Å². The van der Waals surface area contributed by atoms with E-state index < -0.39 is 0 Å². The van der Waals surface area contributed by atoms with E-state index in [0.717, 1.165) is 5.69 Å². The minimum Gasteiger partial charge on any atom is -0.285 e. The third kappa shape index (κ3) is 9.05. The van der Waals surface area contributed by atoms with Gasteiger partial charge in [0.15, 0.2) is 0 Å². The minimum atomic E-state index is -0.231. The standard InChI is InChI=1S/C18H10N2O/c1-17(21)19-15-11-8-6-4-2-3-5-7-9-13-18-14-10-12-16-20-18/h10,12,14,16H,13H2,1H3,(H,19,21). The summed E-state index contributed by atoms with van der Waals surface area (Å²) in [6.07, 6.45) is 2.28. The van der Waals surface area contributed by atoms with Gasteiger partial charge in [-0.2, -0.15) is 0 Å². The first-order valence-electron chi connectivity index (χ1n) is 5.93. The molecule has 0 aliphatic heterocycles. The predicted molar refractivity (Wildman–Crippen MR) is 80.6 cm³/mol. The van der Waals surface area contributed by atoms with E-state index >= 15 is 0 Å². The van der Waals surface area contributed by atoms with Crippen LogP contribution in [0.3, 0.4) is 0 Å². The third-order valence-corrected chi connectivity index (χ3v) is 1.82. The van der Waals surface area contributed by atoms with Gasteiger partial charge in [0.1, 0.15) is 0 Å². The maximum Gasteiger partial charge on any atom is 0.228 e. The average Bonchev–Trinajstić information content (AvgIpc) is 2.49. The third-order valence-electron chi connectivity index (χ3n) is 1.82. The van der Waals surface area contributed by atoms with Crippen LogP contribution >= 0.6 is 0 Å². The van der Waals surface area contributed by atoms with Gasteiger partial charge in [0.25, 0.3) is 0 Å². The summed E-state index contributed by atoms with van der Waals surface area (Å²) in [7, 11) is 0. The van der Waals surface area contributed by atoms with Crippen LogP contribution in [-0.4, -0.2) is 10.9 Å². The topological polar surface area (TPSA) is 42.0 Å². The van der Waals surface area contributed by atoms with E-state index in [0.29, 0.717) is 6.42 Å². The van der Waals surface area contributed by atoms with Gasteiger partial charge in [0.05, 0.1) is 12.1 Å². The number of carbonyl (C=O) groups excluding carboxylic acids is 1. The quantitative estimate of drug-likeness (QED) is 0.604. The van der Waals surface area contributed by atoms with Gasteiger partial charge in [-0.3, -0.25) is 15.1 Å². The van der Waals surface area contributed by atoms with Gasteiger partial charge in [-0.15, -0.1) is 0 Å². The Morgan fingerprint density at radius 1 is 1.05 bits per heavy atom. The van der Waals surface area contributed by atoms with Gasteiger partial charge < -0.3 is 0 Å². The molecule has 1 heterocycles. The van der Waals surface area contributed by atoms with E-state index in [-0.39, 0.29) is 5.91 Å². The Balaban J connectivity index is 2.37. The fraction of sp³-hybridized carbons (Fsp3) is 0.111. The van der Waals surface area contributed by atoms with Crippen LogP contribution in [0.25, 0.3) is 0 Å². The van der Waals surface area contributed by atoms with Crippen molar-refractivity contribution in [2.45, 2.75) is 13.3 Å². The highest BCUT2D eigenvalue weighted by Crippen LogP contribution is 1.92. The molecule has 0 radical (unpaired) electrons. The van der Waals surface area contributed by atoms with E-state index in [1.807, 2.05) is 18.2 Å². The molecule has 0 atom stereocenters. The lowest BCUT2D eigenvalue weighted by Gasteiger charge is -1.88. The first kappa shape index (κ1) is 15.5. The molecular weight excluding hydrogens is 260 g/mol. The first-order valence-corrected chi connectivity index (χ1v) is 5.93. The Bertz CT molecular complexity index is 796. The molecule has 98 valence electrons. The summed E-state index contributed by atoms with van der Waals surface area (Å²) in [5.41, 5.74) is 0.904. The van der Waals surface area contributed by atoms with Gasteiger partial charge >= 0.3 is 0 Å². The molecule has 0 bridgehead atoms. The minimum absolute atomic E-state index is 0.231. The van der Waals surface area contributed by atoms with Crippen LogP contribution in [0, 0.1) is 59.3 Å². The van der Waals surface area contributed by atoms with Crippen LogP contribution < -0.4 is 5.32 Å². The summed E-state index contributed by atoms with van der Waals surface area (Å²) < 4.78 is 0. The zero-order chi connectivity index (χ0) is 15.2. The number of hydrogen-bond donors (Lipinski definition) is 1. The maximum absolute atomic E-state index is 10.5. The van der Waals surface area contributed by atoms with Gasteiger partial charge in [-0.1, -0.05) is 12.0 Å². The van der Waals surface area contributed by atoms with Crippen molar-refractivity contribution in [1.29, 1.82) is 0 Å².